The molecule has 0 aliphatic heterocycles. The molecule has 778 valence electrons. The average Bonchev–Trinajstić information content (AvgIpc) is 0.852. The van der Waals surface area contributed by atoms with Crippen LogP contribution in [-0.4, -0.2) is 480 Å². The summed E-state index contributed by atoms with van der Waals surface area (Å²) < 4.78 is 178. The molecule has 0 saturated heterocycles. The molecule has 0 aliphatic rings. The molecule has 0 spiro atoms. The second-order valence-electron chi connectivity index (χ2n) is 30.7. The monoisotopic (exact) mass is 1920 g/mol. The molecule has 0 aromatic heterocycles. The van der Waals surface area contributed by atoms with E-state index in [4.69, 9.17) is 157 Å². The van der Waals surface area contributed by atoms with E-state index in [1.165, 1.54) is 0 Å². The molecule has 132 heavy (non-hydrogen) atoms. The summed E-state index contributed by atoms with van der Waals surface area (Å²) in [6.45, 7) is 30.7. The topological polar surface area (TPSA) is 494 Å². The summed E-state index contributed by atoms with van der Waals surface area (Å²) >= 11 is 0. The van der Waals surface area contributed by atoms with E-state index in [-0.39, 0.29) is 162 Å². The fourth-order valence-corrected chi connectivity index (χ4v) is 10.1. The molecule has 0 saturated carbocycles. The molecule has 44 heteroatoms. The SMILES string of the molecule is CC(C)(C)OC(=O)CCOCC(COCCC=O)(COCCC(=O)OC(C)(C)C)NC(=O)CCOCCOCCOCCOCCOCCOCCOCCOCCOCCOCCOCCOCCNC(=O)CCOCC(N)(COCCC=O)COCCC(=O)NCCOCCOCCOCCOCCOCCOCCOCCOCCOCCOCCOCCOCCC=O. The summed E-state index contributed by atoms with van der Waals surface area (Å²) in [5.41, 5.74) is 2.88. The van der Waals surface area contributed by atoms with Crippen molar-refractivity contribution in [2.45, 2.75) is 115 Å². The minimum absolute atomic E-state index is 0.00241. The second kappa shape index (κ2) is 97.8. The van der Waals surface area contributed by atoms with Crippen molar-refractivity contribution in [1.29, 1.82) is 0 Å². The maximum absolute atomic E-state index is 13.3. The van der Waals surface area contributed by atoms with Crippen molar-refractivity contribution in [2.24, 2.45) is 5.73 Å². The third kappa shape index (κ3) is 99.6. The van der Waals surface area contributed by atoms with Crippen molar-refractivity contribution in [3.63, 3.8) is 0 Å². The number of aldehydes is 3. The minimum Gasteiger partial charge on any atom is -0.460 e. The van der Waals surface area contributed by atoms with Crippen molar-refractivity contribution < 1.29 is 190 Å². The highest BCUT2D eigenvalue weighted by Crippen LogP contribution is 2.15. The van der Waals surface area contributed by atoms with Crippen molar-refractivity contribution in [3.05, 3.63) is 0 Å². The lowest BCUT2D eigenvalue weighted by Crippen LogP contribution is -2.59. The normalized spacial score (nSPS) is 12.4. The van der Waals surface area contributed by atoms with Crippen LogP contribution in [0.3, 0.4) is 0 Å². The summed E-state index contributed by atoms with van der Waals surface area (Å²) in [5, 5.41) is 8.51. The third-order valence-corrected chi connectivity index (χ3v) is 16.3. The summed E-state index contributed by atoms with van der Waals surface area (Å²) in [6.07, 6.45) is 3.11. The zero-order chi connectivity index (χ0) is 96.3. The lowest BCUT2D eigenvalue weighted by atomic mass is 10.0. The van der Waals surface area contributed by atoms with Crippen LogP contribution in [0.4, 0.5) is 0 Å². The van der Waals surface area contributed by atoms with Crippen LogP contribution in [0.5, 0.6) is 0 Å². The quantitative estimate of drug-likeness (QED) is 0.0369. The molecular weight excluding hydrogens is 1750 g/mol. The number of rotatable bonds is 109. The van der Waals surface area contributed by atoms with Gasteiger partial charge in [0.05, 0.1) is 415 Å². The van der Waals surface area contributed by atoms with Crippen LogP contribution in [0, 0.1) is 0 Å². The first kappa shape index (κ1) is 127. The van der Waals surface area contributed by atoms with Crippen LogP contribution in [0.15, 0.2) is 0 Å². The molecule has 0 heterocycles. The Morgan fingerprint density at radius 1 is 0.212 bits per heavy atom. The predicted octanol–water partition coefficient (Wildman–Crippen LogP) is 0.670. The van der Waals surface area contributed by atoms with Crippen LogP contribution in [0.25, 0.3) is 0 Å². The number of carbonyl (C=O) groups excluding carboxylic acids is 8. The van der Waals surface area contributed by atoms with Crippen LogP contribution in [0.2, 0.25) is 0 Å². The van der Waals surface area contributed by atoms with Gasteiger partial charge in [-0.05, 0) is 41.5 Å². The molecule has 0 fully saturated rings. The first-order valence-corrected chi connectivity index (χ1v) is 46.0. The Kier molecular flexibility index (Phi) is 94.1. The summed E-state index contributed by atoms with van der Waals surface area (Å²) in [4.78, 5) is 94.8. The molecule has 0 aromatic rings. The molecule has 5 N–H and O–H groups in total. The molecule has 0 radical (unpaired) electrons. The average molecular weight is 1920 g/mol. The Bertz CT molecular complexity index is 2540. The number of nitrogens with two attached hydrogens (primary N) is 1. The molecule has 0 rings (SSSR count). The summed E-state index contributed by atoms with van der Waals surface area (Å²) in [5.74, 6) is -1.73. The lowest BCUT2D eigenvalue weighted by Gasteiger charge is -2.34. The first-order chi connectivity index (χ1) is 64.3. The Balaban J connectivity index is 3.74. The van der Waals surface area contributed by atoms with Crippen LogP contribution in [0.1, 0.15) is 92.9 Å². The minimum atomic E-state index is -1.24. The zero-order valence-corrected chi connectivity index (χ0v) is 80.1. The Hall–Kier alpha value is -4.88. The van der Waals surface area contributed by atoms with E-state index in [2.05, 4.69) is 16.0 Å². The van der Waals surface area contributed by atoms with Gasteiger partial charge in [-0.2, -0.15) is 0 Å². The van der Waals surface area contributed by atoms with E-state index in [1.807, 2.05) is 0 Å². The fourth-order valence-electron chi connectivity index (χ4n) is 10.1. The fraction of sp³-hybridized carbons (Fsp3) is 0.909. The van der Waals surface area contributed by atoms with Crippen molar-refractivity contribution in [1.82, 2.24) is 16.0 Å². The van der Waals surface area contributed by atoms with Gasteiger partial charge in [-0.15, -0.1) is 0 Å². The molecule has 1 unspecified atom stereocenters. The van der Waals surface area contributed by atoms with Gasteiger partial charge in [0.15, 0.2) is 0 Å². The van der Waals surface area contributed by atoms with Gasteiger partial charge in [-0.1, -0.05) is 0 Å². The van der Waals surface area contributed by atoms with Gasteiger partial charge in [0.25, 0.3) is 0 Å². The number of amides is 3. The Morgan fingerprint density at radius 3 is 0.606 bits per heavy atom. The highest BCUT2D eigenvalue weighted by Gasteiger charge is 2.35. The number of hydrogen-bond donors (Lipinski definition) is 4. The van der Waals surface area contributed by atoms with E-state index in [0.717, 1.165) is 18.9 Å². The molecule has 1 atom stereocenters. The van der Waals surface area contributed by atoms with Gasteiger partial charge in [0, 0.05) is 51.6 Å². The second-order valence-corrected chi connectivity index (χ2v) is 30.7. The molecule has 0 aliphatic carbocycles. The molecule has 0 bridgehead atoms. The highest BCUT2D eigenvalue weighted by molar-refractivity contribution is 5.77. The van der Waals surface area contributed by atoms with Gasteiger partial charge in [-0.25, -0.2) is 0 Å². The van der Waals surface area contributed by atoms with Gasteiger partial charge in [0.1, 0.15) is 35.6 Å². The Labute approximate surface area is 781 Å². The van der Waals surface area contributed by atoms with Crippen molar-refractivity contribution >= 4 is 48.5 Å². The van der Waals surface area contributed by atoms with E-state index in [1.54, 1.807) is 41.5 Å². The number of esters is 2. The standard InChI is InChI=1S/C88H166N4O40/c1-85(2,3)131-83(99)13-26-129-78-88(77-126-22-9-19-95,79-130-27-14-84(100)132-86(4,5)6)92-82(98)12-23-102-31-35-106-39-43-110-47-51-114-55-59-118-63-67-122-71-73-124-69-65-120-61-57-116-53-49-112-45-41-108-37-33-104-29-16-91-81(97)11-25-128-76-87(89,74-125-21-8-18-94)75-127-24-10-80(96)90-15-28-103-32-36-107-40-44-111-48-52-115-56-60-119-64-68-123-72-70-121-66-62-117-58-54-113-50-46-109-42-38-105-34-30-101-20-7-17-93/h17-19H,7-16,20-79,89H2,1-6H3,(H,90,96)(H,91,97)(H,92,98). The number of ether oxygens (including phenoxy) is 32. The number of nitrogens with one attached hydrogen (secondary N) is 3. The first-order valence-electron chi connectivity index (χ1n) is 46.0. The van der Waals surface area contributed by atoms with E-state index in [9.17, 15) is 38.4 Å². The molecule has 44 nitrogen and oxygen atoms in total. The van der Waals surface area contributed by atoms with Crippen LogP contribution < -0.4 is 21.7 Å². The van der Waals surface area contributed by atoms with Gasteiger partial charge in [-0.3, -0.25) is 24.0 Å². The third-order valence-electron chi connectivity index (χ3n) is 16.3. The smallest absolute Gasteiger partial charge is 0.308 e. The summed E-state index contributed by atoms with van der Waals surface area (Å²) in [7, 11) is 0. The molecule has 3 amide bonds. The molecular formula is C88H166N4O40. The maximum atomic E-state index is 13.3. The highest BCUT2D eigenvalue weighted by atomic mass is 16.6. The maximum Gasteiger partial charge on any atom is 0.308 e. The van der Waals surface area contributed by atoms with Crippen LogP contribution >= 0.6 is 0 Å². The number of hydrogen-bond acceptors (Lipinski definition) is 41. The predicted molar refractivity (Wildman–Crippen MR) is 475 cm³/mol. The van der Waals surface area contributed by atoms with E-state index in [0.29, 0.717) is 317 Å². The van der Waals surface area contributed by atoms with E-state index < -0.39 is 34.2 Å². The number of carbonyl (C=O) groups is 8. The Morgan fingerprint density at radius 2 is 0.379 bits per heavy atom. The zero-order valence-electron chi connectivity index (χ0n) is 80.1. The lowest BCUT2D eigenvalue weighted by molar-refractivity contribution is -0.157. The summed E-state index contributed by atoms with van der Waals surface area (Å²) in [6, 6.07) is 0. The van der Waals surface area contributed by atoms with Gasteiger partial charge in [0.2, 0.25) is 17.7 Å². The molecule has 0 aromatic carbocycles. The van der Waals surface area contributed by atoms with Crippen molar-refractivity contribution in [2.75, 3.05) is 410 Å². The van der Waals surface area contributed by atoms with Gasteiger partial charge >= 0.3 is 11.9 Å². The van der Waals surface area contributed by atoms with Crippen LogP contribution in [-0.2, 0) is 190 Å². The van der Waals surface area contributed by atoms with Crippen molar-refractivity contribution in [3.8, 4) is 0 Å². The largest absolute Gasteiger partial charge is 0.460 e. The van der Waals surface area contributed by atoms with Gasteiger partial charge < -0.3 is 188 Å². The van der Waals surface area contributed by atoms with E-state index >= 15 is 0 Å².